The van der Waals surface area contributed by atoms with Gasteiger partial charge in [0, 0.05) is 6.54 Å². The van der Waals surface area contributed by atoms with Crippen molar-refractivity contribution in [1.29, 1.82) is 0 Å². The number of thiocarbonyl (C=S) groups is 1. The van der Waals surface area contributed by atoms with Gasteiger partial charge >= 0.3 is 0 Å². The highest BCUT2D eigenvalue weighted by Crippen LogP contribution is 2.12. The summed E-state index contributed by atoms with van der Waals surface area (Å²) in [5.74, 6) is 0.878. The highest BCUT2D eigenvalue weighted by Gasteiger charge is 2.10. The molecule has 0 aliphatic carbocycles. The molecular weight excluding hydrogens is 272 g/mol. The Morgan fingerprint density at radius 1 is 1.35 bits per heavy atom. The zero-order chi connectivity index (χ0) is 14.2. The Morgan fingerprint density at radius 3 is 2.70 bits per heavy atom. The first-order valence-corrected chi connectivity index (χ1v) is 7.18. The molecule has 0 aromatic heterocycles. The molecule has 0 spiro atoms. The molecule has 0 radical (unpaired) electrons. The van der Waals surface area contributed by atoms with Crippen LogP contribution in [0.3, 0.4) is 0 Å². The number of nitrogens with zero attached hydrogens (tertiary/aromatic N) is 2. The van der Waals surface area contributed by atoms with Crippen molar-refractivity contribution in [2.24, 2.45) is 10.8 Å². The highest BCUT2D eigenvalue weighted by atomic mass is 32.1. The Morgan fingerprint density at radius 2 is 2.05 bits per heavy atom. The van der Waals surface area contributed by atoms with Crippen LogP contribution in [0.4, 0.5) is 0 Å². The summed E-state index contributed by atoms with van der Waals surface area (Å²) in [7, 11) is 0. The third-order valence-corrected chi connectivity index (χ3v) is 3.23. The van der Waals surface area contributed by atoms with Crippen molar-refractivity contribution in [3.05, 3.63) is 29.8 Å². The van der Waals surface area contributed by atoms with Gasteiger partial charge in [-0.05, 0) is 68.0 Å². The smallest absolute Gasteiger partial charge is 0.184 e. The third-order valence-electron chi connectivity index (χ3n) is 3.14. The van der Waals surface area contributed by atoms with Crippen LogP contribution in [0.25, 0.3) is 0 Å². The molecule has 1 aliphatic heterocycles. The van der Waals surface area contributed by atoms with E-state index in [0.717, 1.165) is 24.5 Å². The van der Waals surface area contributed by atoms with Crippen LogP contribution in [0, 0.1) is 0 Å². The molecule has 3 N–H and O–H groups in total. The van der Waals surface area contributed by atoms with E-state index in [1.54, 1.807) is 6.21 Å². The number of hydrazone groups is 1. The van der Waals surface area contributed by atoms with Gasteiger partial charge in [-0.2, -0.15) is 5.10 Å². The zero-order valence-corrected chi connectivity index (χ0v) is 12.2. The molecule has 1 aromatic rings. The average molecular weight is 292 g/mol. The Hall–Kier alpha value is -1.66. The number of ether oxygens (including phenoxy) is 1. The van der Waals surface area contributed by atoms with E-state index in [1.165, 1.54) is 25.9 Å². The molecule has 1 aromatic carbocycles. The molecule has 0 saturated carbocycles. The molecule has 5 nitrogen and oxygen atoms in total. The maximum Gasteiger partial charge on any atom is 0.184 e. The third kappa shape index (κ3) is 5.14. The summed E-state index contributed by atoms with van der Waals surface area (Å²) >= 11 is 4.65. The largest absolute Gasteiger partial charge is 0.492 e. The summed E-state index contributed by atoms with van der Waals surface area (Å²) in [4.78, 5) is 2.43. The van der Waals surface area contributed by atoms with Gasteiger partial charge in [0.15, 0.2) is 5.11 Å². The fourth-order valence-electron chi connectivity index (χ4n) is 2.12. The van der Waals surface area contributed by atoms with E-state index in [2.05, 4.69) is 27.6 Å². The number of nitrogens with two attached hydrogens (primary N) is 1. The summed E-state index contributed by atoms with van der Waals surface area (Å²) in [5, 5.41) is 4.05. The number of nitrogens with one attached hydrogen (secondary N) is 1. The van der Waals surface area contributed by atoms with Gasteiger partial charge in [-0.1, -0.05) is 0 Å². The molecule has 1 fully saturated rings. The van der Waals surface area contributed by atoms with Crippen LogP contribution in [-0.2, 0) is 0 Å². The Labute approximate surface area is 124 Å². The van der Waals surface area contributed by atoms with E-state index < -0.39 is 0 Å². The molecule has 108 valence electrons. The van der Waals surface area contributed by atoms with Crippen molar-refractivity contribution < 1.29 is 4.74 Å². The van der Waals surface area contributed by atoms with Crippen LogP contribution in [0.15, 0.2) is 29.4 Å². The number of rotatable bonds is 6. The van der Waals surface area contributed by atoms with E-state index in [-0.39, 0.29) is 5.11 Å². The lowest BCUT2D eigenvalue weighted by Crippen LogP contribution is -2.25. The van der Waals surface area contributed by atoms with Crippen molar-refractivity contribution in [3.63, 3.8) is 0 Å². The Bertz CT molecular complexity index is 455. The van der Waals surface area contributed by atoms with E-state index in [9.17, 15) is 0 Å². The first-order valence-electron chi connectivity index (χ1n) is 6.78. The highest BCUT2D eigenvalue weighted by molar-refractivity contribution is 7.80. The maximum absolute atomic E-state index is 5.72. The molecule has 0 amide bonds. The van der Waals surface area contributed by atoms with Crippen LogP contribution in [0.1, 0.15) is 18.4 Å². The Balaban J connectivity index is 1.73. The van der Waals surface area contributed by atoms with Gasteiger partial charge in [-0.25, -0.2) is 0 Å². The minimum Gasteiger partial charge on any atom is -0.492 e. The summed E-state index contributed by atoms with van der Waals surface area (Å²) in [6.07, 6.45) is 4.29. The normalized spacial score (nSPS) is 15.6. The monoisotopic (exact) mass is 292 g/mol. The van der Waals surface area contributed by atoms with Gasteiger partial charge in [-0.15, -0.1) is 0 Å². The standard InChI is InChI=1S/C14H20N4OS/c15-14(20)17-16-11-12-3-5-13(6-4-12)19-10-9-18-7-1-2-8-18/h3-6,11H,1-2,7-10H2,(H3,15,17,20). The predicted molar refractivity (Wildman–Crippen MR) is 85.1 cm³/mol. The lowest BCUT2D eigenvalue weighted by molar-refractivity contribution is 0.238. The quantitative estimate of drug-likeness (QED) is 0.470. The average Bonchev–Trinajstić information content (AvgIpc) is 2.93. The lowest BCUT2D eigenvalue weighted by Gasteiger charge is -2.14. The van der Waals surface area contributed by atoms with Gasteiger partial charge < -0.3 is 10.5 Å². The molecule has 20 heavy (non-hydrogen) atoms. The molecule has 1 saturated heterocycles. The van der Waals surface area contributed by atoms with Crippen molar-refractivity contribution in [2.45, 2.75) is 12.8 Å². The van der Waals surface area contributed by atoms with E-state index in [4.69, 9.17) is 10.5 Å². The van der Waals surface area contributed by atoms with Gasteiger partial charge in [0.2, 0.25) is 0 Å². The second kappa shape index (κ2) is 7.81. The number of likely N-dealkylation sites (tertiary alicyclic amines) is 1. The Kier molecular flexibility index (Phi) is 5.76. The topological polar surface area (TPSA) is 62.9 Å². The van der Waals surface area contributed by atoms with Gasteiger partial charge in [0.05, 0.1) is 6.21 Å². The van der Waals surface area contributed by atoms with Crippen LogP contribution in [0.5, 0.6) is 5.75 Å². The number of hydrogen-bond donors (Lipinski definition) is 2. The van der Waals surface area contributed by atoms with E-state index in [1.807, 2.05) is 24.3 Å². The van der Waals surface area contributed by atoms with Crippen LogP contribution >= 0.6 is 12.2 Å². The fourth-order valence-corrected chi connectivity index (χ4v) is 2.17. The maximum atomic E-state index is 5.72. The van der Waals surface area contributed by atoms with Crippen LogP contribution < -0.4 is 15.9 Å². The van der Waals surface area contributed by atoms with Gasteiger partial charge in [0.1, 0.15) is 12.4 Å². The van der Waals surface area contributed by atoms with Gasteiger partial charge in [0.25, 0.3) is 0 Å². The minimum atomic E-state index is 0.156. The zero-order valence-electron chi connectivity index (χ0n) is 11.4. The molecular formula is C14H20N4OS. The van der Waals surface area contributed by atoms with Gasteiger partial charge in [-0.3, -0.25) is 10.3 Å². The summed E-state index contributed by atoms with van der Waals surface area (Å²) < 4.78 is 5.72. The summed E-state index contributed by atoms with van der Waals surface area (Å²) in [6.45, 7) is 4.14. The van der Waals surface area contributed by atoms with Crippen molar-refractivity contribution in [3.8, 4) is 5.75 Å². The van der Waals surface area contributed by atoms with E-state index in [0.29, 0.717) is 0 Å². The predicted octanol–water partition coefficient (Wildman–Crippen LogP) is 1.33. The van der Waals surface area contributed by atoms with Crippen molar-refractivity contribution >= 4 is 23.5 Å². The summed E-state index contributed by atoms with van der Waals surface area (Å²) in [5.41, 5.74) is 8.74. The van der Waals surface area contributed by atoms with Crippen LogP contribution in [-0.4, -0.2) is 42.5 Å². The van der Waals surface area contributed by atoms with Crippen molar-refractivity contribution in [1.82, 2.24) is 10.3 Å². The molecule has 2 rings (SSSR count). The molecule has 0 bridgehead atoms. The molecule has 0 atom stereocenters. The second-order valence-corrected chi connectivity index (χ2v) is 5.14. The fraction of sp³-hybridized carbons (Fsp3) is 0.429. The number of hydrogen-bond acceptors (Lipinski definition) is 4. The van der Waals surface area contributed by atoms with E-state index >= 15 is 0 Å². The SMILES string of the molecule is NC(=S)NN=Cc1ccc(OCCN2CCCC2)cc1. The summed E-state index contributed by atoms with van der Waals surface area (Å²) in [6, 6.07) is 7.75. The first kappa shape index (κ1) is 14.7. The molecule has 0 unspecified atom stereocenters. The molecule has 6 heteroatoms. The second-order valence-electron chi connectivity index (χ2n) is 4.70. The molecule has 1 aliphatic rings. The molecule has 1 heterocycles. The van der Waals surface area contributed by atoms with Crippen molar-refractivity contribution in [2.75, 3.05) is 26.2 Å². The minimum absolute atomic E-state index is 0.156. The first-order chi connectivity index (χ1) is 9.74. The van der Waals surface area contributed by atoms with Crippen LogP contribution in [0.2, 0.25) is 0 Å². The number of benzene rings is 1. The lowest BCUT2D eigenvalue weighted by atomic mass is 10.2.